The Labute approximate surface area is 87.6 Å². The smallest absolute Gasteiger partial charge is 0.307 e. The van der Waals surface area contributed by atoms with Crippen LogP contribution in [0.15, 0.2) is 4.79 Å². The fraction of sp³-hybridized carbons (Fsp3) is 0.700. The van der Waals surface area contributed by atoms with Crippen LogP contribution in [0.5, 0.6) is 0 Å². The van der Waals surface area contributed by atoms with E-state index in [-0.39, 0.29) is 4.87 Å². The van der Waals surface area contributed by atoms with Crippen LogP contribution in [0.3, 0.4) is 0 Å². The Balaban J connectivity index is 2.28. The van der Waals surface area contributed by atoms with Crippen LogP contribution in [0.2, 0.25) is 0 Å². The van der Waals surface area contributed by atoms with Gasteiger partial charge in [-0.05, 0) is 38.6 Å². The molecule has 0 saturated carbocycles. The van der Waals surface area contributed by atoms with Crippen molar-refractivity contribution in [1.82, 2.24) is 4.57 Å². The van der Waals surface area contributed by atoms with Crippen molar-refractivity contribution in [1.29, 1.82) is 0 Å². The van der Waals surface area contributed by atoms with Crippen molar-refractivity contribution in [3.05, 3.63) is 20.2 Å². The molecule has 0 atom stereocenters. The molecule has 2 N–H and O–H groups in total. The summed E-state index contributed by atoms with van der Waals surface area (Å²) in [5.74, 6) is 0. The van der Waals surface area contributed by atoms with Crippen LogP contribution in [-0.4, -0.2) is 11.1 Å². The maximum Gasteiger partial charge on any atom is 0.307 e. The lowest BCUT2D eigenvalue weighted by Gasteiger charge is -2.13. The van der Waals surface area contributed by atoms with Crippen LogP contribution >= 0.6 is 11.3 Å². The van der Waals surface area contributed by atoms with Crippen molar-refractivity contribution in [2.45, 2.75) is 38.6 Å². The molecular formula is C10H16N2OS. The zero-order valence-electron chi connectivity index (χ0n) is 8.29. The summed E-state index contributed by atoms with van der Waals surface area (Å²) in [7, 11) is 0. The largest absolute Gasteiger partial charge is 0.330 e. The summed E-state index contributed by atoms with van der Waals surface area (Å²) < 4.78 is 1.94. The molecule has 1 aromatic heterocycles. The van der Waals surface area contributed by atoms with Gasteiger partial charge in [0.25, 0.3) is 0 Å². The molecule has 0 aliphatic heterocycles. The van der Waals surface area contributed by atoms with Gasteiger partial charge in [0.2, 0.25) is 0 Å². The monoisotopic (exact) mass is 212 g/mol. The molecule has 0 spiro atoms. The highest BCUT2D eigenvalue weighted by molar-refractivity contribution is 7.09. The number of nitrogens with two attached hydrogens (primary N) is 1. The lowest BCUT2D eigenvalue weighted by molar-refractivity contribution is 0.576. The quantitative estimate of drug-likeness (QED) is 0.816. The Bertz CT molecular complexity index is 367. The minimum Gasteiger partial charge on any atom is -0.330 e. The number of rotatable bonds is 3. The number of hydrogen-bond donors (Lipinski definition) is 1. The Morgan fingerprint density at radius 3 is 2.93 bits per heavy atom. The maximum atomic E-state index is 11.7. The molecule has 0 amide bonds. The highest BCUT2D eigenvalue weighted by atomic mass is 32.1. The van der Waals surface area contributed by atoms with Crippen molar-refractivity contribution in [3.63, 3.8) is 0 Å². The zero-order valence-corrected chi connectivity index (χ0v) is 9.11. The SMILES string of the molecule is NCCCn1c2c(sc1=O)CCCC2. The fourth-order valence-corrected chi connectivity index (χ4v) is 3.10. The molecule has 78 valence electrons. The van der Waals surface area contributed by atoms with Crippen molar-refractivity contribution >= 4 is 11.3 Å². The summed E-state index contributed by atoms with van der Waals surface area (Å²) in [6.45, 7) is 1.47. The lowest BCUT2D eigenvalue weighted by Crippen LogP contribution is -2.19. The first-order valence-corrected chi connectivity index (χ1v) is 6.06. The molecule has 0 saturated heterocycles. The molecule has 4 heteroatoms. The first-order chi connectivity index (χ1) is 6.83. The summed E-state index contributed by atoms with van der Waals surface area (Å²) in [6, 6.07) is 0. The minimum absolute atomic E-state index is 0.213. The van der Waals surface area contributed by atoms with Crippen LogP contribution in [0.25, 0.3) is 0 Å². The molecule has 3 nitrogen and oxygen atoms in total. The van der Waals surface area contributed by atoms with Gasteiger partial charge in [0, 0.05) is 17.1 Å². The minimum atomic E-state index is 0.213. The molecule has 1 aromatic rings. The summed E-state index contributed by atoms with van der Waals surface area (Å²) in [5, 5.41) is 0. The Morgan fingerprint density at radius 2 is 2.14 bits per heavy atom. The van der Waals surface area contributed by atoms with Gasteiger partial charge < -0.3 is 10.3 Å². The van der Waals surface area contributed by atoms with E-state index in [9.17, 15) is 4.79 Å². The van der Waals surface area contributed by atoms with Gasteiger partial charge >= 0.3 is 4.87 Å². The molecule has 0 aromatic carbocycles. The normalized spacial score (nSPS) is 15.5. The predicted molar refractivity (Wildman–Crippen MR) is 58.9 cm³/mol. The average Bonchev–Trinajstić information content (AvgIpc) is 2.51. The number of aromatic nitrogens is 1. The molecule has 0 radical (unpaired) electrons. The van der Waals surface area contributed by atoms with Crippen LogP contribution in [0.1, 0.15) is 29.8 Å². The van der Waals surface area contributed by atoms with E-state index in [1.165, 1.54) is 34.7 Å². The summed E-state index contributed by atoms with van der Waals surface area (Å²) in [5.41, 5.74) is 6.75. The molecular weight excluding hydrogens is 196 g/mol. The van der Waals surface area contributed by atoms with Gasteiger partial charge in [-0.2, -0.15) is 0 Å². The Morgan fingerprint density at radius 1 is 1.36 bits per heavy atom. The lowest BCUT2D eigenvalue weighted by atomic mass is 10.0. The Kier molecular flexibility index (Phi) is 3.03. The van der Waals surface area contributed by atoms with E-state index in [1.54, 1.807) is 0 Å². The second kappa shape index (κ2) is 4.28. The van der Waals surface area contributed by atoms with Crippen LogP contribution in [0, 0.1) is 0 Å². The van der Waals surface area contributed by atoms with E-state index >= 15 is 0 Å². The summed E-state index contributed by atoms with van der Waals surface area (Å²) in [6.07, 6.45) is 5.56. The molecule has 1 aliphatic rings. The van der Waals surface area contributed by atoms with Crippen molar-refractivity contribution < 1.29 is 0 Å². The molecule has 2 rings (SSSR count). The molecule has 1 aliphatic carbocycles. The van der Waals surface area contributed by atoms with Gasteiger partial charge in [-0.25, -0.2) is 0 Å². The number of thiazole rings is 1. The number of fused-ring (bicyclic) bond motifs is 1. The van der Waals surface area contributed by atoms with Crippen molar-refractivity contribution in [3.8, 4) is 0 Å². The van der Waals surface area contributed by atoms with Gasteiger partial charge in [-0.15, -0.1) is 0 Å². The van der Waals surface area contributed by atoms with E-state index in [0.717, 1.165) is 25.8 Å². The topological polar surface area (TPSA) is 48.0 Å². The number of hydrogen-bond acceptors (Lipinski definition) is 3. The summed E-state index contributed by atoms with van der Waals surface area (Å²) >= 11 is 1.43. The van der Waals surface area contributed by atoms with E-state index in [4.69, 9.17) is 5.73 Å². The highest BCUT2D eigenvalue weighted by Crippen LogP contribution is 2.23. The second-order valence-electron chi connectivity index (χ2n) is 3.74. The first kappa shape index (κ1) is 9.93. The highest BCUT2D eigenvalue weighted by Gasteiger charge is 2.17. The summed E-state index contributed by atoms with van der Waals surface area (Å²) in [4.78, 5) is 13.2. The molecule has 0 fully saturated rings. The number of aryl methyl sites for hydroxylation is 1. The molecule has 1 heterocycles. The molecule has 0 unspecified atom stereocenters. The zero-order chi connectivity index (χ0) is 9.97. The predicted octanol–water partition coefficient (Wildman–Crippen LogP) is 1.14. The fourth-order valence-electron chi connectivity index (χ4n) is 2.00. The van der Waals surface area contributed by atoms with Gasteiger partial charge in [-0.3, -0.25) is 4.79 Å². The van der Waals surface area contributed by atoms with Gasteiger partial charge in [0.15, 0.2) is 0 Å². The van der Waals surface area contributed by atoms with Crippen molar-refractivity contribution in [2.75, 3.05) is 6.54 Å². The van der Waals surface area contributed by atoms with E-state index < -0.39 is 0 Å². The van der Waals surface area contributed by atoms with Crippen LogP contribution in [-0.2, 0) is 19.4 Å². The van der Waals surface area contributed by atoms with E-state index in [2.05, 4.69) is 0 Å². The Hall–Kier alpha value is -0.610. The van der Waals surface area contributed by atoms with Gasteiger partial charge in [-0.1, -0.05) is 11.3 Å². The van der Waals surface area contributed by atoms with E-state index in [0.29, 0.717) is 6.54 Å². The third-order valence-corrected chi connectivity index (χ3v) is 3.81. The van der Waals surface area contributed by atoms with E-state index in [1.807, 2.05) is 4.57 Å². The van der Waals surface area contributed by atoms with Gasteiger partial charge in [0.1, 0.15) is 0 Å². The van der Waals surface area contributed by atoms with Crippen LogP contribution in [0.4, 0.5) is 0 Å². The number of nitrogens with zero attached hydrogens (tertiary/aromatic N) is 1. The third kappa shape index (κ3) is 1.77. The van der Waals surface area contributed by atoms with Crippen molar-refractivity contribution in [2.24, 2.45) is 5.73 Å². The van der Waals surface area contributed by atoms with Crippen LogP contribution < -0.4 is 10.6 Å². The standard InChI is InChI=1S/C10H16N2OS/c11-6-3-7-12-8-4-1-2-5-9(8)14-10(12)13/h1-7,11H2. The van der Waals surface area contributed by atoms with Gasteiger partial charge in [0.05, 0.1) is 0 Å². The average molecular weight is 212 g/mol. The second-order valence-corrected chi connectivity index (χ2v) is 4.78. The first-order valence-electron chi connectivity index (χ1n) is 5.24. The molecule has 0 bridgehead atoms. The maximum absolute atomic E-state index is 11.7. The molecule has 14 heavy (non-hydrogen) atoms. The third-order valence-electron chi connectivity index (χ3n) is 2.73.